The topological polar surface area (TPSA) is 270 Å². The van der Waals surface area contributed by atoms with Crippen molar-refractivity contribution < 1.29 is 61.0 Å². The predicted molar refractivity (Wildman–Crippen MR) is 105 cm³/mol. The molecule has 3 heterocycles. The largest absolute Gasteiger partial charge is 0.487 e. The van der Waals surface area contributed by atoms with Gasteiger partial charge in [0.2, 0.25) is 19.3 Å². The van der Waals surface area contributed by atoms with E-state index in [1.807, 2.05) is 0 Å². The molecule has 0 saturated carbocycles. The van der Waals surface area contributed by atoms with Crippen LogP contribution in [0.15, 0.2) is 11.1 Å². The molecule has 18 nitrogen and oxygen atoms in total. The van der Waals surface area contributed by atoms with Gasteiger partial charge in [-0.1, -0.05) is 4.98 Å². The molecule has 1 aliphatic rings. The van der Waals surface area contributed by atoms with Gasteiger partial charge in [-0.15, -0.1) is 0 Å². The number of hydrogen-bond acceptors (Lipinski definition) is 12. The van der Waals surface area contributed by atoms with E-state index in [9.17, 15) is 33.6 Å². The molecule has 22 heteroatoms. The zero-order valence-electron chi connectivity index (χ0n) is 16.4. The zero-order chi connectivity index (χ0) is 24.9. The summed E-state index contributed by atoms with van der Waals surface area (Å²) in [6.07, 6.45) is -4.76. The molecular formula is C11H18BN5O13P3+. The van der Waals surface area contributed by atoms with Gasteiger partial charge in [-0.2, -0.15) is 4.31 Å². The molecule has 1 saturated heterocycles. The molecule has 1 aliphatic heterocycles. The minimum absolute atomic E-state index is 0.000188. The molecule has 2 radical (unpaired) electrons. The fourth-order valence-corrected chi connectivity index (χ4v) is 6.20. The third-order valence-electron chi connectivity index (χ3n) is 4.25. The molecule has 1 fully saturated rings. The maximum Gasteiger partial charge on any atom is 0.487 e. The Balaban J connectivity index is 1.76. The van der Waals surface area contributed by atoms with E-state index in [1.54, 1.807) is 0 Å². The molecule has 0 bridgehead atoms. The first-order chi connectivity index (χ1) is 15.0. The number of ether oxygens (including phenoxy) is 1. The number of aryl methyl sites for hydroxylation is 1. The van der Waals surface area contributed by atoms with Crippen molar-refractivity contribution >= 4 is 47.8 Å². The van der Waals surface area contributed by atoms with Gasteiger partial charge in [-0.3, -0.25) is 18.9 Å². The van der Waals surface area contributed by atoms with Crippen LogP contribution in [0.2, 0.25) is 0 Å². The number of aromatic amines is 1. The number of aromatic nitrogens is 4. The van der Waals surface area contributed by atoms with Crippen LogP contribution in [0.4, 0.5) is 5.95 Å². The minimum Gasteiger partial charge on any atom is -0.387 e. The van der Waals surface area contributed by atoms with Crippen LogP contribution in [0.3, 0.4) is 0 Å². The molecule has 2 aromatic heterocycles. The number of nitrogens with zero attached hydrogens (tertiary/aromatic N) is 3. The van der Waals surface area contributed by atoms with E-state index in [1.165, 1.54) is 22.5 Å². The highest BCUT2D eigenvalue weighted by Gasteiger charge is 2.48. The standard InChI is InChI=1S/C11H17BN5O13P3/c1-16-3-17(8-5(16)9(20)15-11(13)14-8)10-7(19)6(18)4(28-10)2-27-31(12,21)29-33(25,26)30-32(22,23)24/h3-4,6-7,10,18-19H,2H2,1H3,(H5-,13,14,15,20,22,23,24,25,26)/p+1/t4-,6-,7-,10-,31-/m1/s1. The van der Waals surface area contributed by atoms with Gasteiger partial charge >= 0.3 is 21.3 Å². The van der Waals surface area contributed by atoms with Crippen LogP contribution in [0.5, 0.6) is 0 Å². The fourth-order valence-electron chi connectivity index (χ4n) is 3.05. The Hall–Kier alpha value is -1.46. The first-order valence-electron chi connectivity index (χ1n) is 8.61. The summed E-state index contributed by atoms with van der Waals surface area (Å²) in [6, 6.07) is 0. The van der Waals surface area contributed by atoms with E-state index in [4.69, 9.17) is 27.8 Å². The van der Waals surface area contributed by atoms with Crippen molar-refractivity contribution in [2.75, 3.05) is 12.3 Å². The number of phosphoric acid groups is 2. The third-order valence-corrected chi connectivity index (χ3v) is 8.17. The number of fused-ring (bicyclic) bond motifs is 1. The Morgan fingerprint density at radius 2 is 1.91 bits per heavy atom. The first-order valence-corrected chi connectivity index (χ1v) is 13.3. The van der Waals surface area contributed by atoms with Gasteiger partial charge in [-0.25, -0.2) is 18.0 Å². The third kappa shape index (κ3) is 5.97. The van der Waals surface area contributed by atoms with Gasteiger partial charge in [0.05, 0.1) is 13.7 Å². The number of H-pyrrole nitrogens is 1. The van der Waals surface area contributed by atoms with Crippen molar-refractivity contribution in [3.05, 3.63) is 16.7 Å². The van der Waals surface area contributed by atoms with E-state index in [2.05, 4.69) is 23.1 Å². The van der Waals surface area contributed by atoms with Gasteiger partial charge < -0.3 is 39.9 Å². The highest BCUT2D eigenvalue weighted by atomic mass is 31.3. The maximum atomic E-state index is 12.1. The lowest BCUT2D eigenvalue weighted by Gasteiger charge is -2.21. The second kappa shape index (κ2) is 8.96. The number of aliphatic hydroxyl groups is 2. The van der Waals surface area contributed by atoms with E-state index in [0.29, 0.717) is 0 Å². The number of imidazole rings is 1. The summed E-state index contributed by atoms with van der Waals surface area (Å²) in [4.78, 5) is 44.7. The average molecular weight is 532 g/mol. The monoisotopic (exact) mass is 532 g/mol. The number of hydrogen-bond donors (Lipinski definition) is 7. The van der Waals surface area contributed by atoms with Crippen LogP contribution < -0.4 is 15.9 Å². The van der Waals surface area contributed by atoms with Crippen LogP contribution in [-0.2, 0) is 38.6 Å². The number of nitrogens with one attached hydrogen (secondary N) is 1. The number of nitrogen functional groups attached to an aromatic ring is 1. The fraction of sp³-hybridized carbons (Fsp3) is 0.545. The van der Waals surface area contributed by atoms with Crippen molar-refractivity contribution in [2.24, 2.45) is 7.05 Å². The molecule has 0 aromatic carbocycles. The summed E-state index contributed by atoms with van der Waals surface area (Å²) in [5.74, 6) is -0.229. The summed E-state index contributed by atoms with van der Waals surface area (Å²) in [5, 5.41) is 20.7. The maximum absolute atomic E-state index is 12.1. The summed E-state index contributed by atoms with van der Waals surface area (Å²) in [5.41, 5.74) is 5.04. The summed E-state index contributed by atoms with van der Waals surface area (Å²) in [7, 11) is -9.48. The Labute approximate surface area is 184 Å². The van der Waals surface area contributed by atoms with Crippen molar-refractivity contribution in [1.29, 1.82) is 0 Å². The first kappa shape index (κ1) is 26.2. The quantitative estimate of drug-likeness (QED) is 0.103. The molecule has 1 unspecified atom stereocenters. The van der Waals surface area contributed by atoms with Crippen molar-refractivity contribution in [3.63, 3.8) is 0 Å². The molecule has 182 valence electrons. The Kier molecular flexibility index (Phi) is 7.10. The van der Waals surface area contributed by atoms with Crippen LogP contribution in [0, 0.1) is 0 Å². The lowest BCUT2D eigenvalue weighted by Crippen LogP contribution is -2.46. The summed E-state index contributed by atoms with van der Waals surface area (Å²) < 4.78 is 54.3. The number of rotatable bonds is 8. The molecule has 2 aromatic rings. The zero-order valence-corrected chi connectivity index (χ0v) is 19.1. The Morgan fingerprint density at radius 3 is 2.52 bits per heavy atom. The molecular weight excluding hydrogens is 514 g/mol. The van der Waals surface area contributed by atoms with E-state index in [-0.39, 0.29) is 17.1 Å². The normalized spacial score (nSPS) is 27.5. The van der Waals surface area contributed by atoms with E-state index in [0.717, 1.165) is 0 Å². The van der Waals surface area contributed by atoms with E-state index < -0.39 is 59.8 Å². The average Bonchev–Trinajstić information content (AvgIpc) is 3.07. The molecule has 8 N–H and O–H groups in total. The predicted octanol–water partition coefficient (Wildman–Crippen LogP) is -2.73. The van der Waals surface area contributed by atoms with Gasteiger partial charge in [0, 0.05) is 0 Å². The molecule has 0 spiro atoms. The minimum atomic E-state index is -5.61. The number of aliphatic hydroxyl groups excluding tert-OH is 2. The van der Waals surface area contributed by atoms with Crippen molar-refractivity contribution in [2.45, 2.75) is 24.5 Å². The van der Waals surface area contributed by atoms with Gasteiger partial charge in [0.25, 0.3) is 19.0 Å². The molecule has 0 amide bonds. The molecule has 0 aliphatic carbocycles. The molecule has 6 atom stereocenters. The van der Waals surface area contributed by atoms with Crippen LogP contribution in [-0.4, -0.2) is 71.9 Å². The second-order valence-corrected chi connectivity index (χ2v) is 11.3. The lowest BCUT2D eigenvalue weighted by atomic mass is 10.1. The Bertz CT molecular complexity index is 1260. The number of anilines is 1. The summed E-state index contributed by atoms with van der Waals surface area (Å²) in [6.45, 7) is -0.875. The molecule has 33 heavy (non-hydrogen) atoms. The van der Waals surface area contributed by atoms with Crippen LogP contribution in [0.25, 0.3) is 11.2 Å². The van der Waals surface area contributed by atoms with Crippen molar-refractivity contribution in [3.8, 4) is 0 Å². The van der Waals surface area contributed by atoms with E-state index >= 15 is 0 Å². The van der Waals surface area contributed by atoms with Gasteiger partial charge in [0.15, 0.2) is 6.33 Å². The van der Waals surface area contributed by atoms with Gasteiger partial charge in [0.1, 0.15) is 18.3 Å². The van der Waals surface area contributed by atoms with Gasteiger partial charge in [-0.05, 0) is 0 Å². The highest BCUT2D eigenvalue weighted by Crippen LogP contribution is 2.66. The Morgan fingerprint density at radius 1 is 1.27 bits per heavy atom. The molecule has 3 rings (SSSR count). The number of nitrogens with two attached hydrogens (primary N) is 1. The smallest absolute Gasteiger partial charge is 0.387 e. The lowest BCUT2D eigenvalue weighted by molar-refractivity contribution is -0.745. The van der Waals surface area contributed by atoms with Crippen LogP contribution >= 0.6 is 23.1 Å². The van der Waals surface area contributed by atoms with Crippen LogP contribution in [0.1, 0.15) is 6.23 Å². The SMILES string of the molecule is [B][P@@](=O)(OC[C@H]1O[C@@H]([n+]2cn(C)c3c(=O)[nH]c(N)nc32)[C@H](O)[C@@H]1O)OP(=O)(O)OP(=O)(O)O. The highest BCUT2D eigenvalue weighted by molar-refractivity contribution is 7.84. The second-order valence-electron chi connectivity index (χ2n) is 6.76. The van der Waals surface area contributed by atoms with Crippen molar-refractivity contribution in [1.82, 2.24) is 14.5 Å². The summed E-state index contributed by atoms with van der Waals surface area (Å²) >= 11 is 0.